The quantitative estimate of drug-likeness (QED) is 0.411. The summed E-state index contributed by atoms with van der Waals surface area (Å²) in [5.74, 6) is -1.25. The Morgan fingerprint density at radius 1 is 1.16 bits per heavy atom. The molecular weight excluding hydrogens is 450 g/mol. The number of hydrogen-bond acceptors (Lipinski definition) is 4. The summed E-state index contributed by atoms with van der Waals surface area (Å²) in [6.07, 6.45) is 0. The van der Waals surface area contributed by atoms with E-state index in [-0.39, 0.29) is 17.9 Å². The first kappa shape index (κ1) is 20.3. The molecule has 2 N–H and O–H groups in total. The largest absolute Gasteiger partial charge is 0.477 e. The van der Waals surface area contributed by atoms with E-state index in [0.29, 0.717) is 31.7 Å². The Morgan fingerprint density at radius 3 is 2.62 bits per heavy atom. The van der Waals surface area contributed by atoms with Gasteiger partial charge in [0.15, 0.2) is 5.69 Å². The van der Waals surface area contributed by atoms with Crippen molar-refractivity contribution in [1.82, 2.24) is 14.1 Å². The van der Waals surface area contributed by atoms with Crippen LogP contribution in [0.4, 0.5) is 0 Å². The normalized spacial score (nSPS) is 11.4. The number of halogens is 1. The van der Waals surface area contributed by atoms with E-state index in [1.54, 1.807) is 35.1 Å². The Morgan fingerprint density at radius 2 is 1.91 bits per heavy atom. The predicted octanol–water partition coefficient (Wildman–Crippen LogP) is 4.40. The van der Waals surface area contributed by atoms with Gasteiger partial charge in [-0.15, -0.1) is 11.3 Å². The van der Waals surface area contributed by atoms with E-state index in [9.17, 15) is 19.5 Å². The lowest BCUT2D eigenvalue weighted by Gasteiger charge is -2.10. The van der Waals surface area contributed by atoms with Gasteiger partial charge in [0.1, 0.15) is 4.83 Å². The van der Waals surface area contributed by atoms with Gasteiger partial charge in [0, 0.05) is 17.0 Å². The van der Waals surface area contributed by atoms with Crippen molar-refractivity contribution in [3.63, 3.8) is 0 Å². The lowest BCUT2D eigenvalue weighted by atomic mass is 10.2. The molecule has 0 saturated carbocycles. The predicted molar refractivity (Wildman–Crippen MR) is 126 cm³/mol. The number of carboxylic acid groups (broad SMARTS) is 1. The molecule has 0 spiro atoms. The van der Waals surface area contributed by atoms with Crippen molar-refractivity contribution in [2.24, 2.45) is 0 Å². The lowest BCUT2D eigenvalue weighted by Crippen LogP contribution is -2.34. The Hall–Kier alpha value is -3.62. The number of nitrogens with one attached hydrogen (secondary N) is 1. The number of aryl methyl sites for hydroxylation is 1. The van der Waals surface area contributed by atoms with Gasteiger partial charge in [-0.25, -0.2) is 14.2 Å². The van der Waals surface area contributed by atoms with Crippen LogP contribution in [-0.2, 0) is 6.54 Å². The summed E-state index contributed by atoms with van der Waals surface area (Å²) in [5.41, 5.74) is 0.714. The van der Waals surface area contributed by atoms with Gasteiger partial charge >= 0.3 is 11.7 Å². The van der Waals surface area contributed by atoms with Crippen LogP contribution in [0.15, 0.2) is 63.5 Å². The molecule has 0 aliphatic rings. The standard InChI is InChI=1S/C23H16ClN3O4S/c1-12-11-32-20-17(12)21(28)27(23(31)25-20)18-15-9-14(24)7-8-16(15)26(19(18)22(29)30)10-13-5-3-2-4-6-13/h2-9,11H,10H2,1H3,(H,25,31)(H,29,30). The number of aromatic amines is 1. The van der Waals surface area contributed by atoms with Crippen molar-refractivity contribution in [3.05, 3.63) is 96.6 Å². The minimum atomic E-state index is -1.25. The Bertz CT molecular complexity index is 1640. The van der Waals surface area contributed by atoms with E-state index >= 15 is 0 Å². The molecule has 5 aromatic rings. The van der Waals surface area contributed by atoms with Gasteiger partial charge in [-0.2, -0.15) is 0 Å². The van der Waals surface area contributed by atoms with Crippen molar-refractivity contribution in [2.75, 3.05) is 0 Å². The summed E-state index contributed by atoms with van der Waals surface area (Å²) in [7, 11) is 0. The number of benzene rings is 2. The van der Waals surface area contributed by atoms with E-state index in [2.05, 4.69) is 4.98 Å². The molecule has 5 rings (SSSR count). The van der Waals surface area contributed by atoms with Crippen molar-refractivity contribution < 1.29 is 9.90 Å². The summed E-state index contributed by atoms with van der Waals surface area (Å²) < 4.78 is 2.50. The number of carbonyl (C=O) groups is 1. The molecule has 0 bridgehead atoms. The van der Waals surface area contributed by atoms with Crippen molar-refractivity contribution in [3.8, 4) is 5.69 Å². The van der Waals surface area contributed by atoms with E-state index in [1.807, 2.05) is 30.3 Å². The molecule has 9 heteroatoms. The maximum atomic E-state index is 13.4. The number of thiophene rings is 1. The fraction of sp³-hybridized carbons (Fsp3) is 0.0870. The topological polar surface area (TPSA) is 97.1 Å². The fourth-order valence-corrected chi connectivity index (χ4v) is 5.14. The summed E-state index contributed by atoms with van der Waals surface area (Å²) in [6.45, 7) is 2.02. The first-order valence-corrected chi connectivity index (χ1v) is 10.9. The molecule has 160 valence electrons. The second-order valence-corrected chi connectivity index (χ2v) is 8.75. The number of carboxylic acids is 1. The van der Waals surface area contributed by atoms with Gasteiger partial charge in [-0.3, -0.25) is 9.78 Å². The van der Waals surface area contributed by atoms with Gasteiger partial charge in [-0.05, 0) is 41.6 Å². The van der Waals surface area contributed by atoms with Crippen molar-refractivity contribution >= 4 is 50.0 Å². The molecular formula is C23H16ClN3O4S. The molecule has 7 nitrogen and oxygen atoms in total. The minimum absolute atomic E-state index is 0.00433. The maximum absolute atomic E-state index is 13.4. The highest BCUT2D eigenvalue weighted by Crippen LogP contribution is 2.32. The van der Waals surface area contributed by atoms with Gasteiger partial charge in [-0.1, -0.05) is 41.9 Å². The third kappa shape index (κ3) is 3.07. The molecule has 0 aliphatic heterocycles. The maximum Gasteiger partial charge on any atom is 0.354 e. The SMILES string of the molecule is Cc1csc2[nH]c(=O)n(-c3c(C(=O)O)n(Cc4ccccc4)c4ccc(Cl)cc34)c(=O)c12. The molecule has 0 radical (unpaired) electrons. The molecule has 0 atom stereocenters. The smallest absolute Gasteiger partial charge is 0.354 e. The zero-order valence-electron chi connectivity index (χ0n) is 16.8. The molecule has 0 unspecified atom stereocenters. The van der Waals surface area contributed by atoms with Crippen LogP contribution in [0.25, 0.3) is 26.8 Å². The zero-order chi connectivity index (χ0) is 22.6. The molecule has 3 heterocycles. The summed E-state index contributed by atoms with van der Waals surface area (Å²) >= 11 is 7.49. The van der Waals surface area contributed by atoms with Gasteiger partial charge in [0.25, 0.3) is 5.56 Å². The first-order valence-electron chi connectivity index (χ1n) is 9.69. The van der Waals surface area contributed by atoms with Crippen LogP contribution in [0.1, 0.15) is 21.6 Å². The Kier molecular flexibility index (Phi) is 4.76. The second-order valence-electron chi connectivity index (χ2n) is 7.43. The summed E-state index contributed by atoms with van der Waals surface area (Å²) in [5, 5.41) is 13.1. The van der Waals surface area contributed by atoms with Crippen molar-refractivity contribution in [2.45, 2.75) is 13.5 Å². The monoisotopic (exact) mass is 465 g/mol. The molecule has 32 heavy (non-hydrogen) atoms. The molecule has 0 aliphatic carbocycles. The van der Waals surface area contributed by atoms with E-state index in [0.717, 1.165) is 10.1 Å². The highest BCUT2D eigenvalue weighted by atomic mass is 35.5. The van der Waals surface area contributed by atoms with Gasteiger partial charge < -0.3 is 9.67 Å². The summed E-state index contributed by atoms with van der Waals surface area (Å²) in [6, 6.07) is 14.3. The number of nitrogens with zero attached hydrogens (tertiary/aromatic N) is 2. The average molecular weight is 466 g/mol. The third-order valence-electron chi connectivity index (χ3n) is 5.42. The lowest BCUT2D eigenvalue weighted by molar-refractivity contribution is 0.0686. The van der Waals surface area contributed by atoms with E-state index in [1.165, 1.54) is 11.3 Å². The number of aromatic carboxylic acids is 1. The van der Waals surface area contributed by atoms with Crippen LogP contribution in [0.3, 0.4) is 0 Å². The van der Waals surface area contributed by atoms with Gasteiger partial charge in [0.05, 0.1) is 16.6 Å². The van der Waals surface area contributed by atoms with Crippen LogP contribution >= 0.6 is 22.9 Å². The van der Waals surface area contributed by atoms with Crippen LogP contribution in [0.2, 0.25) is 5.02 Å². The van der Waals surface area contributed by atoms with Crippen molar-refractivity contribution in [1.29, 1.82) is 0 Å². The Balaban J connectivity index is 1.94. The van der Waals surface area contributed by atoms with Crippen LogP contribution in [-0.4, -0.2) is 25.2 Å². The first-order chi connectivity index (χ1) is 15.4. The fourth-order valence-electron chi connectivity index (χ4n) is 4.04. The number of fused-ring (bicyclic) bond motifs is 2. The van der Waals surface area contributed by atoms with Gasteiger partial charge in [0.2, 0.25) is 0 Å². The highest BCUT2D eigenvalue weighted by Gasteiger charge is 2.27. The Labute approximate surface area is 189 Å². The molecule has 0 fully saturated rings. The number of H-pyrrole nitrogens is 1. The minimum Gasteiger partial charge on any atom is -0.477 e. The number of hydrogen-bond donors (Lipinski definition) is 2. The zero-order valence-corrected chi connectivity index (χ0v) is 18.3. The van der Waals surface area contributed by atoms with Crippen LogP contribution < -0.4 is 11.2 Å². The van der Waals surface area contributed by atoms with Crippen LogP contribution in [0, 0.1) is 6.92 Å². The highest BCUT2D eigenvalue weighted by molar-refractivity contribution is 7.16. The third-order valence-corrected chi connectivity index (χ3v) is 6.67. The molecule has 3 aromatic heterocycles. The van der Waals surface area contributed by atoms with E-state index < -0.39 is 17.2 Å². The van der Waals surface area contributed by atoms with E-state index in [4.69, 9.17) is 11.6 Å². The second kappa shape index (κ2) is 7.51. The molecule has 0 amide bonds. The number of rotatable bonds is 4. The average Bonchev–Trinajstić information content (AvgIpc) is 3.27. The molecule has 0 saturated heterocycles. The number of aromatic nitrogens is 3. The summed E-state index contributed by atoms with van der Waals surface area (Å²) in [4.78, 5) is 42.1. The van der Waals surface area contributed by atoms with Crippen LogP contribution in [0.5, 0.6) is 0 Å². The molecule has 2 aromatic carbocycles.